The fourth-order valence-electron chi connectivity index (χ4n) is 1.29. The number of nitrogen functional groups attached to an aromatic ring is 1. The Hall–Kier alpha value is -1.42. The minimum atomic E-state index is 0.574. The van der Waals surface area contributed by atoms with Gasteiger partial charge in [-0.05, 0) is 24.1 Å². The topological polar surface area (TPSA) is 51.8 Å². The number of aryl methyl sites for hydroxylation is 1. The Morgan fingerprint density at radius 2 is 2.29 bits per heavy atom. The molecule has 0 saturated carbocycles. The molecule has 0 unspecified atom stereocenters. The molecule has 2 heterocycles. The van der Waals surface area contributed by atoms with Crippen molar-refractivity contribution >= 4 is 17.2 Å². The van der Waals surface area contributed by atoms with Gasteiger partial charge in [-0.1, -0.05) is 0 Å². The molecular formula is C10H11N3S. The Balaban J connectivity index is 2.25. The SMILES string of the molecule is Cc1cc(N)ncc1Cc1nccs1. The maximum atomic E-state index is 5.58. The van der Waals surface area contributed by atoms with Crippen molar-refractivity contribution in [1.29, 1.82) is 0 Å². The molecule has 14 heavy (non-hydrogen) atoms. The number of thiazole rings is 1. The van der Waals surface area contributed by atoms with E-state index in [9.17, 15) is 0 Å². The number of nitrogens with zero attached hydrogens (tertiary/aromatic N) is 2. The number of rotatable bonds is 2. The molecule has 2 rings (SSSR count). The highest BCUT2D eigenvalue weighted by molar-refractivity contribution is 7.09. The molecule has 0 atom stereocenters. The predicted molar refractivity (Wildman–Crippen MR) is 58.3 cm³/mol. The Morgan fingerprint density at radius 3 is 2.93 bits per heavy atom. The Morgan fingerprint density at radius 1 is 1.43 bits per heavy atom. The van der Waals surface area contributed by atoms with E-state index in [-0.39, 0.29) is 0 Å². The molecule has 3 nitrogen and oxygen atoms in total. The van der Waals surface area contributed by atoms with Crippen molar-refractivity contribution in [3.63, 3.8) is 0 Å². The number of hydrogen-bond donors (Lipinski definition) is 1. The highest BCUT2D eigenvalue weighted by Crippen LogP contribution is 2.15. The lowest BCUT2D eigenvalue weighted by atomic mass is 10.1. The zero-order valence-corrected chi connectivity index (χ0v) is 8.71. The summed E-state index contributed by atoms with van der Waals surface area (Å²) in [5.41, 5.74) is 7.94. The van der Waals surface area contributed by atoms with Crippen LogP contribution in [0.3, 0.4) is 0 Å². The molecular weight excluding hydrogens is 194 g/mol. The summed E-state index contributed by atoms with van der Waals surface area (Å²) in [5, 5.41) is 3.09. The van der Waals surface area contributed by atoms with Crippen LogP contribution >= 0.6 is 11.3 Å². The maximum absolute atomic E-state index is 5.58. The van der Waals surface area contributed by atoms with Crippen molar-refractivity contribution in [2.24, 2.45) is 0 Å². The molecule has 0 aliphatic heterocycles. The Labute approximate surface area is 86.6 Å². The standard InChI is InChI=1S/C10H11N3S/c1-7-4-9(11)13-6-8(7)5-10-12-2-3-14-10/h2-4,6H,5H2,1H3,(H2,11,13). The molecule has 0 saturated heterocycles. The first-order valence-electron chi connectivity index (χ1n) is 4.35. The number of pyridine rings is 1. The molecule has 0 spiro atoms. The fourth-order valence-corrected chi connectivity index (χ4v) is 1.93. The van der Waals surface area contributed by atoms with E-state index in [2.05, 4.69) is 9.97 Å². The van der Waals surface area contributed by atoms with Gasteiger partial charge in [-0.2, -0.15) is 0 Å². The lowest BCUT2D eigenvalue weighted by Crippen LogP contribution is -1.96. The molecule has 0 aliphatic carbocycles. The third kappa shape index (κ3) is 1.90. The van der Waals surface area contributed by atoms with Crippen LogP contribution in [0.25, 0.3) is 0 Å². The molecule has 0 amide bonds. The summed E-state index contributed by atoms with van der Waals surface area (Å²) < 4.78 is 0. The molecule has 0 aromatic carbocycles. The lowest BCUT2D eigenvalue weighted by molar-refractivity contribution is 1.09. The Bertz CT molecular complexity index is 423. The summed E-state index contributed by atoms with van der Waals surface area (Å²) >= 11 is 1.66. The normalized spacial score (nSPS) is 10.4. The summed E-state index contributed by atoms with van der Waals surface area (Å²) in [5.74, 6) is 0.574. The van der Waals surface area contributed by atoms with Crippen LogP contribution in [0.15, 0.2) is 23.8 Å². The maximum Gasteiger partial charge on any atom is 0.123 e. The van der Waals surface area contributed by atoms with Crippen LogP contribution in [0, 0.1) is 6.92 Å². The van der Waals surface area contributed by atoms with Crippen LogP contribution in [-0.2, 0) is 6.42 Å². The van der Waals surface area contributed by atoms with Crippen molar-refractivity contribution in [3.05, 3.63) is 40.0 Å². The van der Waals surface area contributed by atoms with Crippen LogP contribution in [0.2, 0.25) is 0 Å². The van der Waals surface area contributed by atoms with E-state index in [1.807, 2.05) is 30.8 Å². The molecule has 2 aromatic heterocycles. The average Bonchev–Trinajstić information content (AvgIpc) is 2.62. The third-order valence-electron chi connectivity index (χ3n) is 2.07. The van der Waals surface area contributed by atoms with E-state index >= 15 is 0 Å². The van der Waals surface area contributed by atoms with E-state index in [0.29, 0.717) is 5.82 Å². The third-order valence-corrected chi connectivity index (χ3v) is 2.85. The van der Waals surface area contributed by atoms with Crippen molar-refractivity contribution in [1.82, 2.24) is 9.97 Å². The first-order valence-corrected chi connectivity index (χ1v) is 5.23. The molecule has 4 heteroatoms. The van der Waals surface area contributed by atoms with Gasteiger partial charge in [0.15, 0.2) is 0 Å². The molecule has 0 radical (unpaired) electrons. The van der Waals surface area contributed by atoms with Crippen LogP contribution in [0.1, 0.15) is 16.1 Å². The first kappa shape index (κ1) is 9.15. The van der Waals surface area contributed by atoms with Gasteiger partial charge in [-0.15, -0.1) is 11.3 Å². The Kier molecular flexibility index (Phi) is 2.45. The second-order valence-electron chi connectivity index (χ2n) is 3.14. The molecule has 72 valence electrons. The average molecular weight is 205 g/mol. The monoisotopic (exact) mass is 205 g/mol. The van der Waals surface area contributed by atoms with Crippen LogP contribution in [0.5, 0.6) is 0 Å². The molecule has 0 aliphatic rings. The largest absolute Gasteiger partial charge is 0.384 e. The minimum Gasteiger partial charge on any atom is -0.384 e. The summed E-state index contributed by atoms with van der Waals surface area (Å²) in [6.07, 6.45) is 4.49. The summed E-state index contributed by atoms with van der Waals surface area (Å²) in [4.78, 5) is 8.31. The zero-order chi connectivity index (χ0) is 9.97. The number of hydrogen-bond acceptors (Lipinski definition) is 4. The lowest BCUT2D eigenvalue weighted by Gasteiger charge is -2.03. The number of aromatic nitrogens is 2. The quantitative estimate of drug-likeness (QED) is 0.816. The van der Waals surface area contributed by atoms with E-state index in [0.717, 1.165) is 11.4 Å². The summed E-state index contributed by atoms with van der Waals surface area (Å²) in [6, 6.07) is 1.89. The van der Waals surface area contributed by atoms with Gasteiger partial charge in [0.25, 0.3) is 0 Å². The first-order chi connectivity index (χ1) is 6.75. The van der Waals surface area contributed by atoms with Gasteiger partial charge in [0.1, 0.15) is 5.82 Å². The van der Waals surface area contributed by atoms with Gasteiger partial charge >= 0.3 is 0 Å². The highest BCUT2D eigenvalue weighted by Gasteiger charge is 2.02. The molecule has 2 N–H and O–H groups in total. The van der Waals surface area contributed by atoms with Crippen molar-refractivity contribution in [2.75, 3.05) is 5.73 Å². The second kappa shape index (κ2) is 3.75. The molecule has 2 aromatic rings. The van der Waals surface area contributed by atoms with Crippen molar-refractivity contribution in [2.45, 2.75) is 13.3 Å². The summed E-state index contributed by atoms with van der Waals surface area (Å²) in [6.45, 7) is 2.04. The van der Waals surface area contributed by atoms with Gasteiger partial charge in [0, 0.05) is 24.2 Å². The van der Waals surface area contributed by atoms with E-state index < -0.39 is 0 Å². The van der Waals surface area contributed by atoms with E-state index in [4.69, 9.17) is 5.73 Å². The van der Waals surface area contributed by atoms with Gasteiger partial charge in [0.05, 0.1) is 5.01 Å². The van der Waals surface area contributed by atoms with Crippen molar-refractivity contribution < 1.29 is 0 Å². The van der Waals surface area contributed by atoms with E-state index in [1.54, 1.807) is 11.3 Å². The second-order valence-corrected chi connectivity index (χ2v) is 4.12. The van der Waals surface area contributed by atoms with Crippen molar-refractivity contribution in [3.8, 4) is 0 Å². The van der Waals surface area contributed by atoms with Gasteiger partial charge in [0.2, 0.25) is 0 Å². The molecule has 0 bridgehead atoms. The minimum absolute atomic E-state index is 0.574. The number of anilines is 1. The van der Waals surface area contributed by atoms with Gasteiger partial charge < -0.3 is 5.73 Å². The zero-order valence-electron chi connectivity index (χ0n) is 7.90. The predicted octanol–water partition coefficient (Wildman–Crippen LogP) is 2.02. The smallest absolute Gasteiger partial charge is 0.123 e. The number of nitrogens with two attached hydrogens (primary N) is 1. The van der Waals surface area contributed by atoms with Crippen LogP contribution in [-0.4, -0.2) is 9.97 Å². The van der Waals surface area contributed by atoms with Crippen LogP contribution < -0.4 is 5.73 Å². The molecule has 0 fully saturated rings. The van der Waals surface area contributed by atoms with Gasteiger partial charge in [-0.25, -0.2) is 9.97 Å². The summed E-state index contributed by atoms with van der Waals surface area (Å²) in [7, 11) is 0. The van der Waals surface area contributed by atoms with Gasteiger partial charge in [-0.3, -0.25) is 0 Å². The fraction of sp³-hybridized carbons (Fsp3) is 0.200. The highest BCUT2D eigenvalue weighted by atomic mass is 32.1. The van der Waals surface area contributed by atoms with Crippen LogP contribution in [0.4, 0.5) is 5.82 Å². The van der Waals surface area contributed by atoms with E-state index in [1.165, 1.54) is 11.1 Å².